The van der Waals surface area contributed by atoms with Crippen molar-refractivity contribution < 1.29 is 9.53 Å². The number of aryl methyl sites for hydroxylation is 1. The van der Waals surface area contributed by atoms with Crippen molar-refractivity contribution in [3.05, 3.63) is 58.1 Å². The lowest BCUT2D eigenvalue weighted by Gasteiger charge is -2.23. The molecule has 25 heavy (non-hydrogen) atoms. The molecule has 0 N–H and O–H groups in total. The van der Waals surface area contributed by atoms with Crippen LogP contribution < -0.4 is 10.5 Å². The molecule has 3 rings (SSSR count). The van der Waals surface area contributed by atoms with Gasteiger partial charge in [0.2, 0.25) is 0 Å². The standard InChI is InChI=1S/C18H22N4O3/c1-20-8-4-6-15(17(20)23)18(24)22-10-9-21(11-12-25-2)16-14(13-22)5-3-7-19-16/h3-8H,9-13H2,1-2H3. The highest BCUT2D eigenvalue weighted by Gasteiger charge is 2.25. The van der Waals surface area contributed by atoms with Crippen LogP contribution in [0.1, 0.15) is 15.9 Å². The first-order valence-corrected chi connectivity index (χ1v) is 8.24. The molecular formula is C18H22N4O3. The molecule has 0 saturated heterocycles. The summed E-state index contributed by atoms with van der Waals surface area (Å²) in [6.45, 7) is 2.89. The van der Waals surface area contributed by atoms with Crippen LogP contribution >= 0.6 is 0 Å². The van der Waals surface area contributed by atoms with E-state index in [1.165, 1.54) is 4.57 Å². The molecule has 7 heteroatoms. The van der Waals surface area contributed by atoms with Gasteiger partial charge >= 0.3 is 0 Å². The van der Waals surface area contributed by atoms with Gasteiger partial charge in [0.1, 0.15) is 11.4 Å². The molecule has 0 atom stereocenters. The number of carbonyl (C=O) groups is 1. The first-order chi connectivity index (χ1) is 12.1. The second-order valence-corrected chi connectivity index (χ2v) is 6.03. The first-order valence-electron chi connectivity index (χ1n) is 8.24. The summed E-state index contributed by atoms with van der Waals surface area (Å²) in [5.74, 6) is 0.625. The van der Waals surface area contributed by atoms with E-state index < -0.39 is 0 Å². The van der Waals surface area contributed by atoms with Crippen LogP contribution in [0.3, 0.4) is 0 Å². The SMILES string of the molecule is COCCN1CCN(C(=O)c2cccn(C)c2=O)Cc2cccnc21. The number of pyridine rings is 2. The molecule has 0 spiro atoms. The van der Waals surface area contributed by atoms with Crippen LogP contribution in [-0.2, 0) is 18.3 Å². The third-order valence-electron chi connectivity index (χ3n) is 4.37. The van der Waals surface area contributed by atoms with E-state index in [4.69, 9.17) is 4.74 Å². The van der Waals surface area contributed by atoms with Gasteiger partial charge in [-0.3, -0.25) is 9.59 Å². The van der Waals surface area contributed by atoms with E-state index >= 15 is 0 Å². The fourth-order valence-corrected chi connectivity index (χ4v) is 2.99. The zero-order chi connectivity index (χ0) is 17.8. The van der Waals surface area contributed by atoms with Crippen molar-refractivity contribution in [2.24, 2.45) is 7.05 Å². The first kappa shape index (κ1) is 17.2. The summed E-state index contributed by atoms with van der Waals surface area (Å²) in [5.41, 5.74) is 0.886. The third kappa shape index (κ3) is 3.56. The number of nitrogens with zero attached hydrogens (tertiary/aromatic N) is 4. The van der Waals surface area contributed by atoms with Gasteiger partial charge in [-0.2, -0.15) is 0 Å². The Labute approximate surface area is 146 Å². The van der Waals surface area contributed by atoms with E-state index in [9.17, 15) is 9.59 Å². The van der Waals surface area contributed by atoms with Crippen LogP contribution in [0.4, 0.5) is 5.82 Å². The summed E-state index contributed by atoms with van der Waals surface area (Å²) < 4.78 is 6.60. The van der Waals surface area contributed by atoms with Crippen molar-refractivity contribution in [2.75, 3.05) is 38.3 Å². The van der Waals surface area contributed by atoms with E-state index in [-0.39, 0.29) is 17.0 Å². The lowest BCUT2D eigenvalue weighted by atomic mass is 10.2. The number of hydrogen-bond donors (Lipinski definition) is 0. The number of amides is 1. The number of anilines is 1. The highest BCUT2D eigenvalue weighted by Crippen LogP contribution is 2.22. The molecule has 2 aromatic rings. The zero-order valence-electron chi connectivity index (χ0n) is 14.5. The number of fused-ring (bicyclic) bond motifs is 1. The maximum absolute atomic E-state index is 12.9. The number of hydrogen-bond acceptors (Lipinski definition) is 5. The highest BCUT2D eigenvalue weighted by atomic mass is 16.5. The molecule has 2 aromatic heterocycles. The number of methoxy groups -OCH3 is 1. The van der Waals surface area contributed by atoms with Gasteiger partial charge in [0.25, 0.3) is 11.5 Å². The molecular weight excluding hydrogens is 320 g/mol. The average Bonchev–Trinajstić information content (AvgIpc) is 2.81. The molecule has 1 aliphatic rings. The molecule has 0 aromatic carbocycles. The predicted octanol–water partition coefficient (Wildman–Crippen LogP) is 0.889. The Morgan fingerprint density at radius 1 is 1.28 bits per heavy atom. The molecule has 0 aliphatic carbocycles. The van der Waals surface area contributed by atoms with Crippen LogP contribution in [0.25, 0.3) is 0 Å². The van der Waals surface area contributed by atoms with E-state index in [1.807, 2.05) is 12.1 Å². The van der Waals surface area contributed by atoms with Crippen LogP contribution in [0.5, 0.6) is 0 Å². The summed E-state index contributed by atoms with van der Waals surface area (Å²) in [6, 6.07) is 7.13. The minimum Gasteiger partial charge on any atom is -0.383 e. The predicted molar refractivity (Wildman–Crippen MR) is 94.7 cm³/mol. The molecule has 3 heterocycles. The summed E-state index contributed by atoms with van der Waals surface area (Å²) in [5, 5.41) is 0. The minimum atomic E-state index is -0.278. The average molecular weight is 342 g/mol. The maximum Gasteiger partial charge on any atom is 0.263 e. The quantitative estimate of drug-likeness (QED) is 0.825. The van der Waals surface area contributed by atoms with Gasteiger partial charge < -0.3 is 19.1 Å². The van der Waals surface area contributed by atoms with Gasteiger partial charge in [-0.25, -0.2) is 4.98 Å². The summed E-state index contributed by atoms with van der Waals surface area (Å²) in [6.07, 6.45) is 3.40. The molecule has 0 fully saturated rings. The molecule has 1 amide bonds. The van der Waals surface area contributed by atoms with Crippen molar-refractivity contribution in [1.29, 1.82) is 0 Å². The minimum absolute atomic E-state index is 0.195. The Morgan fingerprint density at radius 3 is 2.92 bits per heavy atom. The smallest absolute Gasteiger partial charge is 0.263 e. The monoisotopic (exact) mass is 342 g/mol. The van der Waals surface area contributed by atoms with Crippen molar-refractivity contribution >= 4 is 11.7 Å². The van der Waals surface area contributed by atoms with E-state index in [0.717, 1.165) is 11.4 Å². The third-order valence-corrected chi connectivity index (χ3v) is 4.37. The number of ether oxygens (including phenoxy) is 1. The molecule has 0 saturated carbocycles. The Morgan fingerprint density at radius 2 is 2.12 bits per heavy atom. The summed E-state index contributed by atoms with van der Waals surface area (Å²) >= 11 is 0. The Bertz CT molecular complexity index is 818. The van der Waals surface area contributed by atoms with E-state index in [2.05, 4.69) is 9.88 Å². The Kier molecular flexibility index (Phi) is 5.14. The second kappa shape index (κ2) is 7.48. The highest BCUT2D eigenvalue weighted by molar-refractivity contribution is 5.94. The zero-order valence-corrected chi connectivity index (χ0v) is 14.5. The molecule has 0 unspecified atom stereocenters. The molecule has 0 radical (unpaired) electrons. The lowest BCUT2D eigenvalue weighted by Crippen LogP contribution is -2.39. The molecule has 0 bridgehead atoms. The topological polar surface area (TPSA) is 67.7 Å². The summed E-state index contributed by atoms with van der Waals surface area (Å²) in [7, 11) is 3.31. The van der Waals surface area contributed by atoms with Crippen LogP contribution in [0, 0.1) is 0 Å². The van der Waals surface area contributed by atoms with Gasteiger partial charge in [-0.05, 0) is 18.2 Å². The Hall–Kier alpha value is -2.67. The van der Waals surface area contributed by atoms with E-state index in [1.54, 1.807) is 43.6 Å². The Balaban J connectivity index is 1.89. The molecule has 132 valence electrons. The van der Waals surface area contributed by atoms with Crippen LogP contribution in [0.2, 0.25) is 0 Å². The van der Waals surface area contributed by atoms with Crippen molar-refractivity contribution in [3.63, 3.8) is 0 Å². The van der Waals surface area contributed by atoms with Gasteiger partial charge in [0.15, 0.2) is 0 Å². The molecule has 1 aliphatic heterocycles. The van der Waals surface area contributed by atoms with Gasteiger partial charge in [-0.15, -0.1) is 0 Å². The van der Waals surface area contributed by atoms with Gasteiger partial charge in [0.05, 0.1) is 6.61 Å². The largest absolute Gasteiger partial charge is 0.383 e. The normalized spacial score (nSPS) is 14.2. The van der Waals surface area contributed by atoms with Gasteiger partial charge in [-0.1, -0.05) is 6.07 Å². The van der Waals surface area contributed by atoms with Crippen LogP contribution in [-0.4, -0.2) is 53.7 Å². The van der Waals surface area contributed by atoms with Crippen molar-refractivity contribution in [1.82, 2.24) is 14.5 Å². The van der Waals surface area contributed by atoms with Crippen molar-refractivity contribution in [3.8, 4) is 0 Å². The number of rotatable bonds is 4. The number of aromatic nitrogens is 2. The van der Waals surface area contributed by atoms with E-state index in [0.29, 0.717) is 32.8 Å². The fourth-order valence-electron chi connectivity index (χ4n) is 2.99. The second-order valence-electron chi connectivity index (χ2n) is 6.03. The summed E-state index contributed by atoms with van der Waals surface area (Å²) in [4.78, 5) is 33.5. The van der Waals surface area contributed by atoms with Crippen molar-refractivity contribution in [2.45, 2.75) is 6.54 Å². The fraction of sp³-hybridized carbons (Fsp3) is 0.389. The van der Waals surface area contributed by atoms with Gasteiger partial charge in [0, 0.05) is 58.3 Å². The van der Waals surface area contributed by atoms with Crippen LogP contribution in [0.15, 0.2) is 41.5 Å². The maximum atomic E-state index is 12.9. The lowest BCUT2D eigenvalue weighted by molar-refractivity contribution is 0.0748. The number of carbonyl (C=O) groups excluding carboxylic acids is 1. The molecule has 7 nitrogen and oxygen atoms in total.